The molecule has 0 aromatic carbocycles. The van der Waals surface area contributed by atoms with Gasteiger partial charge < -0.3 is 5.11 Å². The molecular formula is C8H16O2S. The Kier molecular flexibility index (Phi) is 5.60. The van der Waals surface area contributed by atoms with Gasteiger partial charge in [-0.1, -0.05) is 20.8 Å². The number of carbonyl (C=O) groups excluding carboxylic acids is 1. The second-order valence-electron chi connectivity index (χ2n) is 2.93. The van der Waals surface area contributed by atoms with Crippen molar-refractivity contribution in [3.05, 3.63) is 0 Å². The molecule has 0 bridgehead atoms. The van der Waals surface area contributed by atoms with Gasteiger partial charge in [0.05, 0.1) is 12.4 Å². The zero-order valence-corrected chi connectivity index (χ0v) is 8.15. The van der Waals surface area contributed by atoms with E-state index in [4.69, 9.17) is 5.11 Å². The highest BCUT2D eigenvalue weighted by atomic mass is 32.2. The van der Waals surface area contributed by atoms with E-state index in [1.807, 2.05) is 20.8 Å². The van der Waals surface area contributed by atoms with Crippen molar-refractivity contribution in [3.63, 3.8) is 0 Å². The van der Waals surface area contributed by atoms with Crippen LogP contribution >= 0.6 is 11.8 Å². The van der Waals surface area contributed by atoms with Gasteiger partial charge in [-0.15, -0.1) is 11.8 Å². The van der Waals surface area contributed by atoms with Crippen molar-refractivity contribution in [2.45, 2.75) is 26.0 Å². The van der Waals surface area contributed by atoms with Crippen molar-refractivity contribution in [3.8, 4) is 0 Å². The lowest BCUT2D eigenvalue weighted by Gasteiger charge is -2.07. The average molecular weight is 176 g/mol. The van der Waals surface area contributed by atoms with E-state index in [1.165, 1.54) is 11.8 Å². The first-order chi connectivity index (χ1) is 5.07. The Morgan fingerprint density at radius 3 is 2.36 bits per heavy atom. The fraction of sp³-hybridized carbons (Fsp3) is 0.875. The predicted molar refractivity (Wildman–Crippen MR) is 48.9 cm³/mol. The van der Waals surface area contributed by atoms with Crippen LogP contribution in [0.1, 0.15) is 20.8 Å². The molecule has 66 valence electrons. The van der Waals surface area contributed by atoms with Gasteiger partial charge in [0.25, 0.3) is 0 Å². The van der Waals surface area contributed by atoms with Crippen LogP contribution in [0.4, 0.5) is 0 Å². The molecule has 0 aromatic rings. The summed E-state index contributed by atoms with van der Waals surface area (Å²) >= 11 is 1.51. The van der Waals surface area contributed by atoms with E-state index in [-0.39, 0.29) is 23.6 Å². The van der Waals surface area contributed by atoms with Gasteiger partial charge in [-0.25, -0.2) is 0 Å². The lowest BCUT2D eigenvalue weighted by Crippen LogP contribution is -2.13. The van der Waals surface area contributed by atoms with E-state index >= 15 is 0 Å². The Morgan fingerprint density at radius 2 is 2.00 bits per heavy atom. The minimum Gasteiger partial charge on any atom is -0.395 e. The molecule has 2 nitrogen and oxygen atoms in total. The molecule has 1 N–H and O–H groups in total. The number of aliphatic hydroxyl groups excluding tert-OH is 1. The molecule has 0 aliphatic rings. The zero-order chi connectivity index (χ0) is 8.85. The molecule has 0 heterocycles. The Bertz CT molecular complexity index is 123. The maximum absolute atomic E-state index is 11.1. The van der Waals surface area contributed by atoms with Gasteiger partial charge in [-0.3, -0.25) is 4.79 Å². The van der Waals surface area contributed by atoms with Crippen molar-refractivity contribution < 1.29 is 9.90 Å². The highest BCUT2D eigenvalue weighted by Crippen LogP contribution is 2.11. The third kappa shape index (κ3) is 5.27. The van der Waals surface area contributed by atoms with Gasteiger partial charge in [-0.2, -0.15) is 0 Å². The van der Waals surface area contributed by atoms with E-state index in [0.717, 1.165) is 0 Å². The third-order valence-electron chi connectivity index (χ3n) is 1.41. The fourth-order valence-corrected chi connectivity index (χ4v) is 1.33. The molecule has 1 atom stereocenters. The van der Waals surface area contributed by atoms with Crippen molar-refractivity contribution in [1.29, 1.82) is 0 Å². The van der Waals surface area contributed by atoms with Gasteiger partial charge in [0.1, 0.15) is 5.78 Å². The van der Waals surface area contributed by atoms with Crippen LogP contribution in [0.25, 0.3) is 0 Å². The third-order valence-corrected chi connectivity index (χ3v) is 2.58. The molecule has 0 aliphatic carbocycles. The molecule has 0 amide bonds. The van der Waals surface area contributed by atoms with Gasteiger partial charge >= 0.3 is 0 Å². The summed E-state index contributed by atoms with van der Waals surface area (Å²) in [5.41, 5.74) is 0. The maximum Gasteiger partial charge on any atom is 0.145 e. The molecule has 0 fully saturated rings. The first kappa shape index (κ1) is 11.0. The van der Waals surface area contributed by atoms with Crippen molar-refractivity contribution in [2.75, 3.05) is 12.4 Å². The smallest absolute Gasteiger partial charge is 0.145 e. The number of hydrogen-bond acceptors (Lipinski definition) is 3. The standard InChI is InChI=1S/C8H16O2S/c1-6(2)8(10)5-11-7(3)4-9/h6-7,9H,4-5H2,1-3H3. The molecule has 0 spiro atoms. The zero-order valence-electron chi connectivity index (χ0n) is 7.33. The SMILES string of the molecule is CC(CO)SCC(=O)C(C)C. The molecular weight excluding hydrogens is 160 g/mol. The monoisotopic (exact) mass is 176 g/mol. The molecule has 0 aromatic heterocycles. The number of ketones is 1. The normalized spacial score (nSPS) is 13.5. The second kappa shape index (κ2) is 5.61. The van der Waals surface area contributed by atoms with E-state index < -0.39 is 0 Å². The van der Waals surface area contributed by atoms with E-state index in [9.17, 15) is 4.79 Å². The maximum atomic E-state index is 11.1. The Labute approximate surface area is 72.4 Å². The lowest BCUT2D eigenvalue weighted by atomic mass is 10.1. The number of rotatable bonds is 5. The fourth-order valence-electron chi connectivity index (χ4n) is 0.444. The van der Waals surface area contributed by atoms with Crippen LogP contribution in [0.3, 0.4) is 0 Å². The number of carbonyl (C=O) groups is 1. The van der Waals surface area contributed by atoms with Gasteiger partial charge in [-0.05, 0) is 0 Å². The van der Waals surface area contributed by atoms with Gasteiger partial charge in [0.15, 0.2) is 0 Å². The first-order valence-electron chi connectivity index (χ1n) is 3.83. The van der Waals surface area contributed by atoms with Crippen LogP contribution in [-0.4, -0.2) is 28.5 Å². The van der Waals surface area contributed by atoms with Gasteiger partial charge in [0.2, 0.25) is 0 Å². The lowest BCUT2D eigenvalue weighted by molar-refractivity contribution is -0.119. The minimum atomic E-state index is 0.119. The quantitative estimate of drug-likeness (QED) is 0.686. The van der Waals surface area contributed by atoms with Gasteiger partial charge in [0, 0.05) is 11.2 Å². The molecule has 0 radical (unpaired) electrons. The summed E-state index contributed by atoms with van der Waals surface area (Å²) < 4.78 is 0. The summed E-state index contributed by atoms with van der Waals surface area (Å²) in [4.78, 5) is 11.1. The molecule has 0 rings (SSSR count). The second-order valence-corrected chi connectivity index (χ2v) is 4.35. The van der Waals surface area contributed by atoms with Crippen LogP contribution in [0.5, 0.6) is 0 Å². The van der Waals surface area contributed by atoms with E-state index in [1.54, 1.807) is 0 Å². The van der Waals surface area contributed by atoms with Crippen LogP contribution in [-0.2, 0) is 4.79 Å². The largest absolute Gasteiger partial charge is 0.395 e. The summed E-state index contributed by atoms with van der Waals surface area (Å²) in [6, 6.07) is 0. The number of thioether (sulfide) groups is 1. The minimum absolute atomic E-state index is 0.119. The molecule has 0 aliphatic heterocycles. The molecule has 0 saturated heterocycles. The predicted octanol–water partition coefficient (Wildman–Crippen LogP) is 1.33. The molecule has 11 heavy (non-hydrogen) atoms. The molecule has 1 unspecified atom stereocenters. The highest BCUT2D eigenvalue weighted by Gasteiger charge is 2.09. The molecule has 0 saturated carbocycles. The van der Waals surface area contributed by atoms with Crippen LogP contribution in [0.15, 0.2) is 0 Å². The summed E-state index contributed by atoms with van der Waals surface area (Å²) in [6.07, 6.45) is 0. The summed E-state index contributed by atoms with van der Waals surface area (Å²) in [6.45, 7) is 5.85. The highest BCUT2D eigenvalue weighted by molar-refractivity contribution is 8.00. The first-order valence-corrected chi connectivity index (χ1v) is 4.88. The number of hydrogen-bond donors (Lipinski definition) is 1. The average Bonchev–Trinajstić information content (AvgIpc) is 1.99. The topological polar surface area (TPSA) is 37.3 Å². The van der Waals surface area contributed by atoms with Crippen molar-refractivity contribution in [1.82, 2.24) is 0 Å². The Hall–Kier alpha value is -0.0200. The summed E-state index contributed by atoms with van der Waals surface area (Å²) in [5.74, 6) is 0.906. The molecule has 3 heteroatoms. The van der Waals surface area contributed by atoms with Crippen LogP contribution in [0, 0.1) is 5.92 Å². The summed E-state index contributed by atoms with van der Waals surface area (Å²) in [7, 11) is 0. The van der Waals surface area contributed by atoms with E-state index in [2.05, 4.69) is 0 Å². The van der Waals surface area contributed by atoms with E-state index in [0.29, 0.717) is 5.75 Å². The van der Waals surface area contributed by atoms with Crippen molar-refractivity contribution in [2.24, 2.45) is 5.92 Å². The Balaban J connectivity index is 3.46. The van der Waals surface area contributed by atoms with Crippen molar-refractivity contribution >= 4 is 17.5 Å². The Morgan fingerprint density at radius 1 is 1.45 bits per heavy atom. The van der Waals surface area contributed by atoms with Crippen LogP contribution in [0.2, 0.25) is 0 Å². The number of aliphatic hydroxyl groups is 1. The van der Waals surface area contributed by atoms with Crippen LogP contribution < -0.4 is 0 Å². The number of Topliss-reactive ketones (excluding diaryl/α,β-unsaturated/α-hetero) is 1. The summed E-state index contributed by atoms with van der Waals surface area (Å²) in [5, 5.41) is 8.83.